The summed E-state index contributed by atoms with van der Waals surface area (Å²) in [6, 6.07) is 3.15. The maximum absolute atomic E-state index is 11.8. The molecule has 0 bridgehead atoms. The molecule has 0 unspecified atom stereocenters. The van der Waals surface area contributed by atoms with Crippen molar-refractivity contribution in [3.05, 3.63) is 23.3 Å². The monoisotopic (exact) mass is 316 g/mol. The summed E-state index contributed by atoms with van der Waals surface area (Å²) in [5.41, 5.74) is 0. The standard InChI is InChI=1S/C9H12N6O3S2/c16-8(10-6-7-12-14-15-13-7)3-4-11-20(17,18)9-2-1-5-19-9/h1-2,5,11H,3-4,6H2,(H,10,16)(H,12,13,14,15). The first-order valence-corrected chi connectivity index (χ1v) is 7.96. The number of sulfonamides is 1. The molecule has 0 fully saturated rings. The molecule has 0 saturated heterocycles. The van der Waals surface area contributed by atoms with Gasteiger partial charge in [-0.2, -0.15) is 5.21 Å². The van der Waals surface area contributed by atoms with Crippen LogP contribution in [0, 0.1) is 0 Å². The Kier molecular flexibility index (Phi) is 4.76. The van der Waals surface area contributed by atoms with Gasteiger partial charge < -0.3 is 5.32 Å². The Labute approximate surface area is 118 Å². The predicted molar refractivity (Wildman–Crippen MR) is 70.1 cm³/mol. The highest BCUT2D eigenvalue weighted by molar-refractivity contribution is 7.91. The maximum atomic E-state index is 11.8. The van der Waals surface area contributed by atoms with Crippen molar-refractivity contribution in [2.45, 2.75) is 17.2 Å². The van der Waals surface area contributed by atoms with E-state index in [1.54, 1.807) is 11.4 Å². The van der Waals surface area contributed by atoms with Crippen molar-refractivity contribution in [2.75, 3.05) is 6.54 Å². The van der Waals surface area contributed by atoms with Crippen LogP contribution in [0.25, 0.3) is 0 Å². The third kappa shape index (κ3) is 4.08. The third-order valence-electron chi connectivity index (χ3n) is 2.24. The van der Waals surface area contributed by atoms with Gasteiger partial charge in [0.05, 0.1) is 6.54 Å². The van der Waals surface area contributed by atoms with Gasteiger partial charge >= 0.3 is 0 Å². The SMILES string of the molecule is O=C(CCNS(=O)(=O)c1cccs1)NCc1nn[nH]n1. The van der Waals surface area contributed by atoms with Crippen LogP contribution in [0.5, 0.6) is 0 Å². The molecule has 20 heavy (non-hydrogen) atoms. The number of H-pyrrole nitrogens is 1. The van der Waals surface area contributed by atoms with Gasteiger partial charge in [0, 0.05) is 13.0 Å². The summed E-state index contributed by atoms with van der Waals surface area (Å²) in [4.78, 5) is 11.5. The van der Waals surface area contributed by atoms with E-state index in [9.17, 15) is 13.2 Å². The van der Waals surface area contributed by atoms with Gasteiger partial charge in [-0.15, -0.1) is 21.5 Å². The van der Waals surface area contributed by atoms with Crippen LogP contribution >= 0.6 is 11.3 Å². The molecule has 2 heterocycles. The summed E-state index contributed by atoms with van der Waals surface area (Å²) in [6.45, 7) is 0.172. The van der Waals surface area contributed by atoms with Crippen molar-refractivity contribution in [2.24, 2.45) is 0 Å². The number of amides is 1. The van der Waals surface area contributed by atoms with E-state index < -0.39 is 10.0 Å². The molecule has 0 spiro atoms. The second-order valence-corrected chi connectivity index (χ2v) is 6.63. The highest BCUT2D eigenvalue weighted by Gasteiger charge is 2.14. The van der Waals surface area contributed by atoms with Crippen molar-refractivity contribution in [3.63, 3.8) is 0 Å². The molecule has 0 aliphatic heterocycles. The van der Waals surface area contributed by atoms with Gasteiger partial charge in [0.2, 0.25) is 15.9 Å². The zero-order valence-corrected chi connectivity index (χ0v) is 11.9. The molecule has 3 N–H and O–H groups in total. The molecule has 1 amide bonds. The van der Waals surface area contributed by atoms with Crippen molar-refractivity contribution in [1.29, 1.82) is 0 Å². The average Bonchev–Trinajstić information content (AvgIpc) is 3.09. The summed E-state index contributed by atoms with van der Waals surface area (Å²) < 4.78 is 26.1. The lowest BCUT2D eigenvalue weighted by Gasteiger charge is -2.05. The van der Waals surface area contributed by atoms with Crippen LogP contribution in [-0.4, -0.2) is 41.5 Å². The zero-order valence-electron chi connectivity index (χ0n) is 10.2. The number of hydrogen-bond donors (Lipinski definition) is 3. The van der Waals surface area contributed by atoms with Crippen LogP contribution in [0.2, 0.25) is 0 Å². The fourth-order valence-electron chi connectivity index (χ4n) is 1.31. The summed E-state index contributed by atoms with van der Waals surface area (Å²) in [7, 11) is -3.52. The summed E-state index contributed by atoms with van der Waals surface area (Å²) in [5.74, 6) is 0.0567. The lowest BCUT2D eigenvalue weighted by Crippen LogP contribution is -2.30. The van der Waals surface area contributed by atoms with Crippen LogP contribution in [0.1, 0.15) is 12.2 Å². The number of carbonyl (C=O) groups excluding carboxylic acids is 1. The van der Waals surface area contributed by atoms with E-state index in [2.05, 4.69) is 30.7 Å². The topological polar surface area (TPSA) is 130 Å². The van der Waals surface area contributed by atoms with E-state index in [-0.39, 0.29) is 29.6 Å². The number of rotatable bonds is 7. The lowest BCUT2D eigenvalue weighted by molar-refractivity contribution is -0.121. The van der Waals surface area contributed by atoms with Gasteiger partial charge in [-0.1, -0.05) is 11.3 Å². The van der Waals surface area contributed by atoms with Crippen LogP contribution in [-0.2, 0) is 21.4 Å². The quantitative estimate of drug-likeness (QED) is 0.616. The van der Waals surface area contributed by atoms with Crippen LogP contribution in [0.3, 0.4) is 0 Å². The maximum Gasteiger partial charge on any atom is 0.250 e. The Bertz CT molecular complexity index is 637. The van der Waals surface area contributed by atoms with E-state index in [0.29, 0.717) is 5.82 Å². The van der Waals surface area contributed by atoms with Gasteiger partial charge in [-0.25, -0.2) is 13.1 Å². The Morgan fingerprint density at radius 2 is 2.30 bits per heavy atom. The number of nitrogens with one attached hydrogen (secondary N) is 3. The number of hydrogen-bond acceptors (Lipinski definition) is 7. The number of nitrogens with zero attached hydrogens (tertiary/aromatic N) is 3. The normalized spacial score (nSPS) is 11.4. The molecule has 0 aromatic carbocycles. The number of aromatic amines is 1. The van der Waals surface area contributed by atoms with Crippen LogP contribution < -0.4 is 10.0 Å². The second-order valence-electron chi connectivity index (χ2n) is 3.68. The zero-order chi connectivity index (χ0) is 14.4. The fourth-order valence-corrected chi connectivity index (χ4v) is 3.38. The van der Waals surface area contributed by atoms with E-state index >= 15 is 0 Å². The van der Waals surface area contributed by atoms with E-state index in [1.165, 1.54) is 6.07 Å². The Balaban J connectivity index is 1.71. The third-order valence-corrected chi connectivity index (χ3v) is 5.10. The first-order valence-electron chi connectivity index (χ1n) is 5.60. The molecule has 0 aliphatic carbocycles. The second kappa shape index (κ2) is 6.54. The van der Waals surface area contributed by atoms with Gasteiger partial charge in [0.1, 0.15) is 4.21 Å². The molecule has 0 atom stereocenters. The largest absolute Gasteiger partial charge is 0.349 e. The lowest BCUT2D eigenvalue weighted by atomic mass is 10.4. The Morgan fingerprint density at radius 1 is 1.45 bits per heavy atom. The molecule has 2 rings (SSSR count). The van der Waals surface area contributed by atoms with Gasteiger partial charge in [-0.05, 0) is 11.4 Å². The molecule has 2 aromatic heterocycles. The molecule has 9 nitrogen and oxygen atoms in total. The highest BCUT2D eigenvalue weighted by Crippen LogP contribution is 2.14. The van der Waals surface area contributed by atoms with E-state index in [0.717, 1.165) is 11.3 Å². The average molecular weight is 316 g/mol. The fraction of sp³-hybridized carbons (Fsp3) is 0.333. The van der Waals surface area contributed by atoms with E-state index in [4.69, 9.17) is 0 Å². The molecular weight excluding hydrogens is 304 g/mol. The number of thiophene rings is 1. The van der Waals surface area contributed by atoms with Crippen molar-refractivity contribution < 1.29 is 13.2 Å². The molecule has 2 aromatic rings. The molecular formula is C9H12N6O3S2. The van der Waals surface area contributed by atoms with Crippen LogP contribution in [0.15, 0.2) is 21.7 Å². The molecule has 0 radical (unpaired) electrons. The van der Waals surface area contributed by atoms with Crippen molar-refractivity contribution in [1.82, 2.24) is 30.7 Å². The van der Waals surface area contributed by atoms with Crippen molar-refractivity contribution in [3.8, 4) is 0 Å². The first kappa shape index (κ1) is 14.6. The van der Waals surface area contributed by atoms with Gasteiger partial charge in [0.25, 0.3) is 0 Å². The van der Waals surface area contributed by atoms with Gasteiger partial charge in [0.15, 0.2) is 5.82 Å². The minimum Gasteiger partial charge on any atom is -0.349 e. The van der Waals surface area contributed by atoms with Crippen molar-refractivity contribution >= 4 is 27.3 Å². The number of carbonyl (C=O) groups is 1. The van der Waals surface area contributed by atoms with Gasteiger partial charge in [-0.3, -0.25) is 4.79 Å². The summed E-state index contributed by atoms with van der Waals surface area (Å²) in [5, 5.41) is 17.2. The Hall–Kier alpha value is -1.85. The molecule has 0 aliphatic rings. The predicted octanol–water partition coefficient (Wildman–Crippen LogP) is -0.754. The van der Waals surface area contributed by atoms with E-state index in [1.807, 2.05) is 0 Å². The number of tetrazole rings is 1. The minimum atomic E-state index is -3.52. The Morgan fingerprint density at radius 3 is 2.95 bits per heavy atom. The molecule has 0 saturated carbocycles. The molecule has 11 heteroatoms. The summed E-state index contributed by atoms with van der Waals surface area (Å²) >= 11 is 1.12. The molecule has 108 valence electrons. The highest BCUT2D eigenvalue weighted by atomic mass is 32.2. The van der Waals surface area contributed by atoms with Crippen LogP contribution in [0.4, 0.5) is 0 Å². The smallest absolute Gasteiger partial charge is 0.250 e. The first-order chi connectivity index (χ1) is 9.58. The summed E-state index contributed by atoms with van der Waals surface area (Å²) in [6.07, 6.45) is 0.0302. The minimum absolute atomic E-state index is 0.0261. The number of aromatic nitrogens is 4.